The van der Waals surface area contributed by atoms with Gasteiger partial charge in [0.2, 0.25) is 0 Å². The number of nitrogens with zero attached hydrogens (tertiary/aromatic N) is 1. The molecule has 1 fully saturated rings. The fourth-order valence-electron chi connectivity index (χ4n) is 4.31. The van der Waals surface area contributed by atoms with Gasteiger partial charge in [0.25, 0.3) is 5.91 Å². The quantitative estimate of drug-likeness (QED) is 0.448. The molecule has 206 valence electrons. The number of thiocarbonyl (C=S) groups is 1. The van der Waals surface area contributed by atoms with Crippen LogP contribution in [0.4, 0.5) is 9.18 Å². The van der Waals surface area contributed by atoms with E-state index < -0.39 is 41.5 Å². The highest BCUT2D eigenvalue weighted by Gasteiger charge is 2.52. The first-order chi connectivity index (χ1) is 17.8. The zero-order valence-corrected chi connectivity index (χ0v) is 23.2. The Balaban J connectivity index is 2.00. The van der Waals surface area contributed by atoms with Crippen molar-refractivity contribution in [3.8, 4) is 5.75 Å². The Labute approximate surface area is 228 Å². The van der Waals surface area contributed by atoms with Crippen molar-refractivity contribution in [2.75, 3.05) is 26.3 Å². The maximum absolute atomic E-state index is 15.5. The molecule has 38 heavy (non-hydrogen) atoms. The monoisotopic (exact) mass is 545 g/mol. The van der Waals surface area contributed by atoms with Gasteiger partial charge in [0.05, 0.1) is 25.3 Å². The molecular weight excluding hydrogens is 509 g/mol. The maximum atomic E-state index is 15.5. The molecule has 0 spiro atoms. The van der Waals surface area contributed by atoms with E-state index in [4.69, 9.17) is 21.7 Å². The number of carbonyl (C=O) groups excluding carboxylic acids is 2. The van der Waals surface area contributed by atoms with Crippen LogP contribution in [0, 0.1) is 17.7 Å². The van der Waals surface area contributed by atoms with E-state index in [9.17, 15) is 14.7 Å². The van der Waals surface area contributed by atoms with E-state index in [1.165, 1.54) is 17.0 Å². The number of hydrogen-bond donors (Lipinski definition) is 3. The number of amides is 2. The normalized spacial score (nSPS) is 19.3. The first kappa shape index (κ1) is 29.3. The average Bonchev–Trinajstić information content (AvgIpc) is 3.22. The van der Waals surface area contributed by atoms with Crippen molar-refractivity contribution in [3.63, 3.8) is 0 Å². The molecule has 1 saturated heterocycles. The zero-order chi connectivity index (χ0) is 28.1. The van der Waals surface area contributed by atoms with Crippen molar-refractivity contribution < 1.29 is 28.6 Å². The summed E-state index contributed by atoms with van der Waals surface area (Å²) in [7, 11) is 0. The number of likely N-dealkylation sites (tertiary alicyclic amines) is 1. The second kappa shape index (κ2) is 12.1. The molecule has 3 rings (SSSR count). The van der Waals surface area contributed by atoms with Crippen LogP contribution in [0.1, 0.15) is 50.5 Å². The summed E-state index contributed by atoms with van der Waals surface area (Å²) in [6, 6.07) is 12.9. The summed E-state index contributed by atoms with van der Waals surface area (Å²) >= 11 is 5.48. The van der Waals surface area contributed by atoms with Gasteiger partial charge in [0, 0.05) is 23.6 Å². The molecule has 0 saturated carbocycles. The van der Waals surface area contributed by atoms with Crippen LogP contribution in [0.15, 0.2) is 48.5 Å². The van der Waals surface area contributed by atoms with E-state index in [0.29, 0.717) is 17.9 Å². The topological polar surface area (TPSA) is 100 Å². The summed E-state index contributed by atoms with van der Waals surface area (Å²) in [5, 5.41) is 16.0. The number of hydrogen-bond acceptors (Lipinski definition) is 6. The third kappa shape index (κ3) is 7.20. The summed E-state index contributed by atoms with van der Waals surface area (Å²) < 4.78 is 26.9. The van der Waals surface area contributed by atoms with Crippen molar-refractivity contribution >= 4 is 29.3 Å². The largest absolute Gasteiger partial charge is 0.493 e. The highest BCUT2D eigenvalue weighted by atomic mass is 32.1. The number of ether oxygens (including phenoxy) is 2. The standard InChI is InChI=1S/C28H36FN3O5S/c1-18(2)16-36-21-11-12-23(29)22(13-21)28(31-25(38)30-24(34)19-9-7-6-8-10-19)17-32(14-20(28)15-33)26(35)37-27(3,4)5/h6-13,18,20,33H,14-17H2,1-5H3,(H2,30,31,34,38)/t20-,28-/m0/s1. The fourth-order valence-corrected chi connectivity index (χ4v) is 4.58. The minimum atomic E-state index is -1.38. The van der Waals surface area contributed by atoms with Gasteiger partial charge < -0.3 is 24.8 Å². The highest BCUT2D eigenvalue weighted by Crippen LogP contribution is 2.40. The van der Waals surface area contributed by atoms with E-state index in [1.54, 1.807) is 57.2 Å². The number of aliphatic hydroxyl groups excluding tert-OH is 1. The molecule has 0 aliphatic carbocycles. The molecule has 2 amide bonds. The van der Waals surface area contributed by atoms with E-state index in [2.05, 4.69) is 10.6 Å². The lowest BCUT2D eigenvalue weighted by atomic mass is 9.80. The minimum Gasteiger partial charge on any atom is -0.493 e. The van der Waals surface area contributed by atoms with Gasteiger partial charge in [-0.15, -0.1) is 0 Å². The van der Waals surface area contributed by atoms with E-state index in [1.807, 2.05) is 13.8 Å². The van der Waals surface area contributed by atoms with Crippen LogP contribution in [0.5, 0.6) is 5.75 Å². The van der Waals surface area contributed by atoms with Crippen molar-refractivity contribution in [2.24, 2.45) is 11.8 Å². The van der Waals surface area contributed by atoms with Gasteiger partial charge in [0.15, 0.2) is 5.11 Å². The molecule has 0 bridgehead atoms. The predicted octanol–water partition coefficient (Wildman–Crippen LogP) is 4.22. The number of nitrogens with one attached hydrogen (secondary N) is 2. The van der Waals surface area contributed by atoms with Gasteiger partial charge in [-0.25, -0.2) is 9.18 Å². The summed E-state index contributed by atoms with van der Waals surface area (Å²) in [4.78, 5) is 27.2. The summed E-state index contributed by atoms with van der Waals surface area (Å²) in [5.74, 6) is -1.03. The Morgan fingerprint density at radius 2 is 1.89 bits per heavy atom. The lowest BCUT2D eigenvalue weighted by molar-refractivity contribution is 0.0277. The lowest BCUT2D eigenvalue weighted by Crippen LogP contribution is -2.56. The van der Waals surface area contributed by atoms with Gasteiger partial charge in [-0.1, -0.05) is 32.0 Å². The van der Waals surface area contributed by atoms with Crippen LogP contribution in [0.2, 0.25) is 0 Å². The molecular formula is C28H36FN3O5S. The van der Waals surface area contributed by atoms with Gasteiger partial charge in [-0.05, 0) is 69.2 Å². The molecule has 0 unspecified atom stereocenters. The van der Waals surface area contributed by atoms with Crippen LogP contribution in [-0.2, 0) is 10.3 Å². The van der Waals surface area contributed by atoms with Crippen molar-refractivity contribution in [3.05, 3.63) is 65.5 Å². The van der Waals surface area contributed by atoms with Crippen molar-refractivity contribution in [2.45, 2.75) is 45.8 Å². The van der Waals surface area contributed by atoms with Crippen LogP contribution < -0.4 is 15.4 Å². The number of aliphatic hydroxyl groups is 1. The smallest absolute Gasteiger partial charge is 0.410 e. The first-order valence-corrected chi connectivity index (χ1v) is 13.0. The van der Waals surface area contributed by atoms with E-state index in [-0.39, 0.29) is 29.7 Å². The van der Waals surface area contributed by atoms with Gasteiger partial charge in [0.1, 0.15) is 17.2 Å². The fraction of sp³-hybridized carbons (Fsp3) is 0.464. The van der Waals surface area contributed by atoms with Crippen LogP contribution >= 0.6 is 12.2 Å². The van der Waals surface area contributed by atoms with Crippen molar-refractivity contribution in [1.82, 2.24) is 15.5 Å². The maximum Gasteiger partial charge on any atom is 0.410 e. The Morgan fingerprint density at radius 3 is 2.50 bits per heavy atom. The van der Waals surface area contributed by atoms with E-state index in [0.717, 1.165) is 0 Å². The third-order valence-electron chi connectivity index (χ3n) is 6.05. The first-order valence-electron chi connectivity index (χ1n) is 12.5. The molecule has 2 aromatic rings. The predicted molar refractivity (Wildman–Crippen MR) is 146 cm³/mol. The summed E-state index contributed by atoms with van der Waals surface area (Å²) in [5.41, 5.74) is -1.59. The number of carbonyl (C=O) groups is 2. The van der Waals surface area contributed by atoms with Crippen LogP contribution in [0.3, 0.4) is 0 Å². The molecule has 1 aliphatic heterocycles. The second-order valence-electron chi connectivity index (χ2n) is 10.8. The number of benzene rings is 2. The molecule has 1 aliphatic rings. The lowest BCUT2D eigenvalue weighted by Gasteiger charge is -2.37. The van der Waals surface area contributed by atoms with Gasteiger partial charge in [-0.3, -0.25) is 10.1 Å². The summed E-state index contributed by atoms with van der Waals surface area (Å²) in [6.45, 7) is 9.28. The Bertz CT molecular complexity index is 1150. The number of halogens is 1. The molecule has 10 heteroatoms. The minimum absolute atomic E-state index is 0.0704. The third-order valence-corrected chi connectivity index (χ3v) is 6.26. The molecule has 2 atom stereocenters. The molecule has 0 aromatic heterocycles. The zero-order valence-electron chi connectivity index (χ0n) is 22.4. The van der Waals surface area contributed by atoms with Crippen LogP contribution in [0.25, 0.3) is 0 Å². The van der Waals surface area contributed by atoms with Gasteiger partial charge >= 0.3 is 6.09 Å². The Hall–Kier alpha value is -3.24. The van der Waals surface area contributed by atoms with Crippen LogP contribution in [-0.4, -0.2) is 59.0 Å². The molecule has 1 heterocycles. The number of rotatable bonds is 7. The molecule has 0 radical (unpaired) electrons. The Morgan fingerprint density at radius 1 is 1.21 bits per heavy atom. The summed E-state index contributed by atoms with van der Waals surface area (Å²) in [6.07, 6.45) is -0.605. The van der Waals surface area contributed by atoms with Gasteiger partial charge in [-0.2, -0.15) is 0 Å². The Kier molecular flexibility index (Phi) is 9.32. The molecule has 8 nitrogen and oxygen atoms in total. The highest BCUT2D eigenvalue weighted by molar-refractivity contribution is 7.80. The molecule has 2 aromatic carbocycles. The average molecular weight is 546 g/mol. The van der Waals surface area contributed by atoms with E-state index >= 15 is 4.39 Å². The second-order valence-corrected chi connectivity index (χ2v) is 11.2. The SMILES string of the molecule is CC(C)COc1ccc(F)c([C@]2(NC(=S)NC(=O)c3ccccc3)CN(C(=O)OC(C)(C)C)C[C@H]2CO)c1. The van der Waals surface area contributed by atoms with Crippen molar-refractivity contribution in [1.29, 1.82) is 0 Å². The molecule has 3 N–H and O–H groups in total.